The Morgan fingerprint density at radius 3 is 2.62 bits per heavy atom. The molecule has 0 aliphatic carbocycles. The lowest BCUT2D eigenvalue weighted by molar-refractivity contribution is 0.496. The van der Waals surface area contributed by atoms with Crippen LogP contribution in [0.15, 0.2) is 30.7 Å². The fourth-order valence-corrected chi connectivity index (χ4v) is 1.88. The summed E-state index contributed by atoms with van der Waals surface area (Å²) < 4.78 is 41.5. The van der Waals surface area contributed by atoms with Crippen LogP contribution >= 0.6 is 0 Å². The standard InChI is InChI=1S/C13H10F3N5/c1-17-11-6-21-3-2-18-13(21)12(20-11)19-10-5-8(15)7(14)4-9(10)16/h2-6,17H,1H3,(H,19,20). The monoisotopic (exact) mass is 293 g/mol. The van der Waals surface area contributed by atoms with Gasteiger partial charge in [-0.25, -0.2) is 23.1 Å². The molecule has 2 aromatic heterocycles. The lowest BCUT2D eigenvalue weighted by atomic mass is 10.3. The zero-order valence-corrected chi connectivity index (χ0v) is 10.9. The fourth-order valence-electron chi connectivity index (χ4n) is 1.88. The van der Waals surface area contributed by atoms with Crippen molar-refractivity contribution in [3.8, 4) is 0 Å². The van der Waals surface area contributed by atoms with Crippen LogP contribution in [0.25, 0.3) is 5.65 Å². The van der Waals surface area contributed by atoms with Gasteiger partial charge in [-0.15, -0.1) is 0 Å². The van der Waals surface area contributed by atoms with E-state index in [0.29, 0.717) is 17.5 Å². The van der Waals surface area contributed by atoms with E-state index in [9.17, 15) is 13.2 Å². The first-order valence-corrected chi connectivity index (χ1v) is 6.01. The molecule has 3 rings (SSSR count). The number of benzene rings is 1. The smallest absolute Gasteiger partial charge is 0.180 e. The Kier molecular flexibility index (Phi) is 3.13. The Bertz CT molecular complexity index is 815. The third-order valence-electron chi connectivity index (χ3n) is 2.89. The van der Waals surface area contributed by atoms with Crippen LogP contribution in [0.2, 0.25) is 0 Å². The van der Waals surface area contributed by atoms with Crippen LogP contribution in [0, 0.1) is 17.5 Å². The molecule has 0 amide bonds. The molecule has 0 atom stereocenters. The Morgan fingerprint density at radius 2 is 1.86 bits per heavy atom. The zero-order valence-electron chi connectivity index (χ0n) is 10.9. The molecule has 8 heteroatoms. The summed E-state index contributed by atoms with van der Waals surface area (Å²) in [5.74, 6) is -2.60. The fraction of sp³-hybridized carbons (Fsp3) is 0.0769. The van der Waals surface area contributed by atoms with Crippen LogP contribution < -0.4 is 10.6 Å². The number of anilines is 3. The van der Waals surface area contributed by atoms with Crippen LogP contribution in [0.5, 0.6) is 0 Å². The molecule has 1 aromatic carbocycles. The number of nitrogens with one attached hydrogen (secondary N) is 2. The summed E-state index contributed by atoms with van der Waals surface area (Å²) in [7, 11) is 1.67. The lowest BCUT2D eigenvalue weighted by Gasteiger charge is -2.10. The molecular formula is C13H10F3N5. The Labute approximate surface area is 117 Å². The molecule has 0 unspecified atom stereocenters. The van der Waals surface area contributed by atoms with E-state index in [1.165, 1.54) is 0 Å². The normalized spacial score (nSPS) is 10.9. The molecule has 0 saturated carbocycles. The first-order valence-electron chi connectivity index (χ1n) is 6.01. The van der Waals surface area contributed by atoms with Gasteiger partial charge in [0.15, 0.2) is 23.1 Å². The van der Waals surface area contributed by atoms with Crippen molar-refractivity contribution in [1.82, 2.24) is 14.4 Å². The molecule has 2 heterocycles. The minimum absolute atomic E-state index is 0.219. The molecule has 0 aliphatic rings. The SMILES string of the molecule is CNc1cn2ccnc2c(Nc2cc(F)c(F)cc2F)n1. The summed E-state index contributed by atoms with van der Waals surface area (Å²) in [6.07, 6.45) is 4.92. The number of imidazole rings is 1. The van der Waals surface area contributed by atoms with Crippen molar-refractivity contribution in [1.29, 1.82) is 0 Å². The van der Waals surface area contributed by atoms with Gasteiger partial charge in [-0.2, -0.15) is 0 Å². The average Bonchev–Trinajstić information content (AvgIpc) is 2.93. The largest absolute Gasteiger partial charge is 0.372 e. The summed E-state index contributed by atoms with van der Waals surface area (Å²) in [4.78, 5) is 8.27. The highest BCUT2D eigenvalue weighted by molar-refractivity contribution is 5.71. The van der Waals surface area contributed by atoms with Gasteiger partial charge >= 0.3 is 0 Å². The third kappa shape index (κ3) is 2.35. The molecule has 0 spiro atoms. The molecule has 0 aliphatic heterocycles. The molecular weight excluding hydrogens is 283 g/mol. The van der Waals surface area contributed by atoms with E-state index in [1.807, 2.05) is 0 Å². The summed E-state index contributed by atoms with van der Waals surface area (Å²) in [6.45, 7) is 0. The second-order valence-corrected chi connectivity index (χ2v) is 4.25. The molecule has 2 N–H and O–H groups in total. The second kappa shape index (κ2) is 4.97. The molecule has 5 nitrogen and oxygen atoms in total. The van der Waals surface area contributed by atoms with Crippen LogP contribution in [0.1, 0.15) is 0 Å². The molecule has 0 radical (unpaired) electrons. The first kappa shape index (κ1) is 13.2. The van der Waals surface area contributed by atoms with Crippen molar-refractivity contribution >= 4 is 23.0 Å². The highest BCUT2D eigenvalue weighted by atomic mass is 19.2. The number of hydrogen-bond donors (Lipinski definition) is 2. The predicted molar refractivity (Wildman–Crippen MR) is 72.1 cm³/mol. The first-order chi connectivity index (χ1) is 10.1. The summed E-state index contributed by atoms with van der Waals surface area (Å²) >= 11 is 0. The summed E-state index contributed by atoms with van der Waals surface area (Å²) in [5.41, 5.74) is 0.206. The molecule has 0 bridgehead atoms. The van der Waals surface area contributed by atoms with Crippen molar-refractivity contribution in [2.75, 3.05) is 17.7 Å². The van der Waals surface area contributed by atoms with Crippen molar-refractivity contribution in [3.63, 3.8) is 0 Å². The second-order valence-electron chi connectivity index (χ2n) is 4.25. The average molecular weight is 293 g/mol. The van der Waals surface area contributed by atoms with Gasteiger partial charge in [0.05, 0.1) is 11.9 Å². The van der Waals surface area contributed by atoms with E-state index >= 15 is 0 Å². The van der Waals surface area contributed by atoms with Crippen LogP contribution in [-0.2, 0) is 0 Å². The van der Waals surface area contributed by atoms with Gasteiger partial charge in [-0.3, -0.25) is 0 Å². The van der Waals surface area contributed by atoms with E-state index in [0.717, 1.165) is 6.07 Å². The van der Waals surface area contributed by atoms with Gasteiger partial charge in [-0.1, -0.05) is 0 Å². The minimum Gasteiger partial charge on any atom is -0.372 e. The molecule has 0 saturated heterocycles. The number of halogens is 3. The molecule has 3 aromatic rings. The quantitative estimate of drug-likeness (QED) is 0.729. The van der Waals surface area contributed by atoms with Crippen LogP contribution in [0.3, 0.4) is 0 Å². The number of hydrogen-bond acceptors (Lipinski definition) is 4. The van der Waals surface area contributed by atoms with Crippen molar-refractivity contribution in [2.24, 2.45) is 0 Å². The lowest BCUT2D eigenvalue weighted by Crippen LogP contribution is -2.04. The predicted octanol–water partition coefficient (Wildman–Crippen LogP) is 2.93. The van der Waals surface area contributed by atoms with E-state index in [1.54, 1.807) is 30.0 Å². The van der Waals surface area contributed by atoms with Gasteiger partial charge in [0.2, 0.25) is 0 Å². The van der Waals surface area contributed by atoms with Gasteiger partial charge in [0, 0.05) is 31.6 Å². The number of nitrogens with zero attached hydrogens (tertiary/aromatic N) is 3. The highest BCUT2D eigenvalue weighted by Gasteiger charge is 2.13. The number of fused-ring (bicyclic) bond motifs is 1. The van der Waals surface area contributed by atoms with Gasteiger partial charge in [-0.05, 0) is 0 Å². The van der Waals surface area contributed by atoms with E-state index in [2.05, 4.69) is 20.6 Å². The molecule has 108 valence electrons. The van der Waals surface area contributed by atoms with E-state index in [4.69, 9.17) is 0 Å². The molecule has 21 heavy (non-hydrogen) atoms. The van der Waals surface area contributed by atoms with E-state index in [-0.39, 0.29) is 11.5 Å². The maximum Gasteiger partial charge on any atom is 0.180 e. The number of rotatable bonds is 3. The van der Waals surface area contributed by atoms with Crippen LogP contribution in [0.4, 0.5) is 30.5 Å². The van der Waals surface area contributed by atoms with E-state index < -0.39 is 17.5 Å². The van der Waals surface area contributed by atoms with Crippen molar-refractivity contribution in [2.45, 2.75) is 0 Å². The van der Waals surface area contributed by atoms with Gasteiger partial charge in [0.25, 0.3) is 0 Å². The minimum atomic E-state index is -1.25. The Balaban J connectivity index is 2.09. The summed E-state index contributed by atoms with van der Waals surface area (Å²) in [6, 6.07) is 1.21. The Hall–Kier alpha value is -2.77. The third-order valence-corrected chi connectivity index (χ3v) is 2.89. The van der Waals surface area contributed by atoms with Crippen molar-refractivity contribution in [3.05, 3.63) is 48.2 Å². The maximum absolute atomic E-state index is 13.7. The topological polar surface area (TPSA) is 54.2 Å². The highest BCUT2D eigenvalue weighted by Crippen LogP contribution is 2.24. The number of aromatic nitrogens is 3. The van der Waals surface area contributed by atoms with Crippen molar-refractivity contribution < 1.29 is 13.2 Å². The van der Waals surface area contributed by atoms with Gasteiger partial charge < -0.3 is 15.0 Å². The van der Waals surface area contributed by atoms with Crippen LogP contribution in [-0.4, -0.2) is 21.4 Å². The Morgan fingerprint density at radius 1 is 1.10 bits per heavy atom. The maximum atomic E-state index is 13.7. The van der Waals surface area contributed by atoms with Gasteiger partial charge in [0.1, 0.15) is 11.6 Å². The summed E-state index contributed by atoms with van der Waals surface area (Å²) in [5, 5.41) is 5.47. The molecule has 0 fully saturated rings. The zero-order chi connectivity index (χ0) is 15.0.